The van der Waals surface area contributed by atoms with Crippen molar-refractivity contribution < 1.29 is 0 Å². The summed E-state index contributed by atoms with van der Waals surface area (Å²) in [5, 5.41) is 7.35. The van der Waals surface area contributed by atoms with Gasteiger partial charge in [0.15, 0.2) is 0 Å². The van der Waals surface area contributed by atoms with Gasteiger partial charge in [0.25, 0.3) is 0 Å². The van der Waals surface area contributed by atoms with Gasteiger partial charge in [0, 0.05) is 26.4 Å². The second-order valence-corrected chi connectivity index (χ2v) is 6.20. The number of aromatic nitrogens is 1. The summed E-state index contributed by atoms with van der Waals surface area (Å²) in [7, 11) is 0. The lowest BCUT2D eigenvalue weighted by atomic mass is 10.0. The van der Waals surface area contributed by atoms with Crippen LogP contribution in [-0.4, -0.2) is 4.98 Å². The summed E-state index contributed by atoms with van der Waals surface area (Å²) in [6.45, 7) is 0. The van der Waals surface area contributed by atoms with Crippen LogP contribution in [0.15, 0.2) is 66.0 Å². The van der Waals surface area contributed by atoms with Gasteiger partial charge in [-0.2, -0.15) is 0 Å². The highest BCUT2D eigenvalue weighted by Gasteiger charge is 2.16. The Bertz CT molecular complexity index is 1090. The van der Waals surface area contributed by atoms with Crippen LogP contribution in [0.4, 0.5) is 0 Å². The molecule has 0 bridgehead atoms. The molecule has 98 valence electrons. The van der Waals surface area contributed by atoms with E-state index in [0.29, 0.717) is 0 Å². The van der Waals surface area contributed by atoms with E-state index in [4.69, 9.17) is 4.98 Å². The van der Waals surface area contributed by atoms with E-state index >= 15 is 0 Å². The van der Waals surface area contributed by atoms with Crippen molar-refractivity contribution in [1.82, 2.24) is 4.98 Å². The maximum Gasteiger partial charge on any atom is 0.0811 e. The Morgan fingerprint density at radius 2 is 1.57 bits per heavy atom. The topological polar surface area (TPSA) is 12.9 Å². The highest BCUT2D eigenvalue weighted by atomic mass is 32.1. The fourth-order valence-corrected chi connectivity index (χ4v) is 4.07. The summed E-state index contributed by atoms with van der Waals surface area (Å²) in [5.74, 6) is 0. The van der Waals surface area contributed by atoms with Gasteiger partial charge in [-0.05, 0) is 22.9 Å². The van der Waals surface area contributed by atoms with Crippen molar-refractivity contribution in [2.75, 3.05) is 0 Å². The summed E-state index contributed by atoms with van der Waals surface area (Å²) in [5.41, 5.74) is 3.48. The Labute approximate surface area is 125 Å². The standard InChI is InChI=1S/C19H11NS/c1-2-6-13-12(5-1)9-10-16-18(13)15-11-21-17-8-4-3-7-14(17)19(15)20-16/h1-11H. The first kappa shape index (κ1) is 11.2. The third-order valence-corrected chi connectivity index (χ3v) is 5.07. The lowest BCUT2D eigenvalue weighted by molar-refractivity contribution is 1.50. The highest BCUT2D eigenvalue weighted by Crippen LogP contribution is 2.41. The van der Waals surface area contributed by atoms with Gasteiger partial charge in [0.05, 0.1) is 11.2 Å². The molecule has 0 saturated carbocycles. The molecule has 2 aliphatic heterocycles. The molecule has 0 spiro atoms. The van der Waals surface area contributed by atoms with Gasteiger partial charge in [-0.25, -0.2) is 4.98 Å². The predicted molar refractivity (Wildman–Crippen MR) is 91.3 cm³/mol. The van der Waals surface area contributed by atoms with Gasteiger partial charge >= 0.3 is 0 Å². The van der Waals surface area contributed by atoms with Gasteiger partial charge in [-0.3, -0.25) is 0 Å². The third-order valence-electron chi connectivity index (χ3n) is 4.11. The average Bonchev–Trinajstić information content (AvgIpc) is 2.94. The summed E-state index contributed by atoms with van der Waals surface area (Å²) >= 11 is 1.79. The van der Waals surface area contributed by atoms with Crippen molar-refractivity contribution in [1.29, 1.82) is 0 Å². The molecule has 0 radical (unpaired) electrons. The Morgan fingerprint density at radius 3 is 2.52 bits per heavy atom. The summed E-state index contributed by atoms with van der Waals surface area (Å²) in [4.78, 5) is 4.90. The summed E-state index contributed by atoms with van der Waals surface area (Å²) < 4.78 is 1.29. The number of nitrogens with zero attached hydrogens (tertiary/aromatic N) is 1. The van der Waals surface area contributed by atoms with Crippen molar-refractivity contribution in [3.8, 4) is 11.3 Å². The molecule has 0 aliphatic carbocycles. The van der Waals surface area contributed by atoms with Gasteiger partial charge < -0.3 is 0 Å². The molecule has 0 fully saturated rings. The second kappa shape index (κ2) is 4.03. The third kappa shape index (κ3) is 1.48. The molecule has 3 aromatic rings. The van der Waals surface area contributed by atoms with Gasteiger partial charge in [-0.1, -0.05) is 48.5 Å². The first-order valence-corrected chi connectivity index (χ1v) is 7.87. The summed E-state index contributed by atoms with van der Waals surface area (Å²) in [6.07, 6.45) is 0. The minimum absolute atomic E-state index is 1.09. The highest BCUT2D eigenvalue weighted by molar-refractivity contribution is 7.17. The minimum atomic E-state index is 1.09. The van der Waals surface area contributed by atoms with E-state index in [1.165, 1.54) is 31.8 Å². The van der Waals surface area contributed by atoms with Crippen LogP contribution in [0.5, 0.6) is 0 Å². The Balaban J connectivity index is 2.06. The zero-order valence-corrected chi connectivity index (χ0v) is 12.0. The van der Waals surface area contributed by atoms with Crippen LogP contribution in [0.1, 0.15) is 0 Å². The fraction of sp³-hybridized carbons (Fsp3) is 0. The summed E-state index contributed by atoms with van der Waals surface area (Å²) in [6, 6.07) is 21.4. The Kier molecular flexibility index (Phi) is 2.15. The lowest BCUT2D eigenvalue weighted by Gasteiger charge is -2.04. The molecule has 5 rings (SSSR count). The predicted octanol–water partition coefficient (Wildman–Crippen LogP) is 5.71. The largest absolute Gasteiger partial charge is 0.247 e. The van der Waals surface area contributed by atoms with Crippen molar-refractivity contribution in [2.45, 2.75) is 0 Å². The normalized spacial score (nSPS) is 11.8. The maximum atomic E-state index is 4.90. The minimum Gasteiger partial charge on any atom is -0.247 e. The van der Waals surface area contributed by atoms with Gasteiger partial charge in [-0.15, -0.1) is 11.3 Å². The lowest BCUT2D eigenvalue weighted by Crippen LogP contribution is -1.78. The van der Waals surface area contributed by atoms with E-state index in [9.17, 15) is 0 Å². The molecule has 0 N–H and O–H groups in total. The molecule has 1 nitrogen and oxygen atoms in total. The zero-order chi connectivity index (χ0) is 13.8. The quantitative estimate of drug-likeness (QED) is 0.355. The van der Waals surface area contributed by atoms with E-state index in [1.54, 1.807) is 11.3 Å². The molecular weight excluding hydrogens is 274 g/mol. The number of benzene rings is 3. The molecule has 0 aromatic heterocycles. The van der Waals surface area contributed by atoms with Crippen LogP contribution in [-0.2, 0) is 0 Å². The molecule has 2 aliphatic rings. The molecule has 21 heavy (non-hydrogen) atoms. The molecule has 0 amide bonds. The van der Waals surface area contributed by atoms with Crippen molar-refractivity contribution in [3.63, 3.8) is 0 Å². The molecule has 0 saturated heterocycles. The molecule has 2 heteroatoms. The van der Waals surface area contributed by atoms with Crippen LogP contribution in [0, 0.1) is 0 Å². The first-order chi connectivity index (χ1) is 10.4. The number of hydrogen-bond acceptors (Lipinski definition) is 2. The van der Waals surface area contributed by atoms with E-state index in [0.717, 1.165) is 11.2 Å². The van der Waals surface area contributed by atoms with Crippen LogP contribution in [0.2, 0.25) is 0 Å². The molecule has 3 aromatic carbocycles. The smallest absolute Gasteiger partial charge is 0.0811 e. The molecule has 0 atom stereocenters. The van der Waals surface area contributed by atoms with Crippen LogP contribution < -0.4 is 0 Å². The van der Waals surface area contributed by atoms with E-state index in [-0.39, 0.29) is 0 Å². The van der Waals surface area contributed by atoms with Crippen molar-refractivity contribution in [2.24, 2.45) is 0 Å². The van der Waals surface area contributed by atoms with E-state index < -0.39 is 0 Å². The Morgan fingerprint density at radius 1 is 0.762 bits per heavy atom. The first-order valence-electron chi connectivity index (χ1n) is 6.99. The van der Waals surface area contributed by atoms with Crippen LogP contribution in [0.3, 0.4) is 0 Å². The van der Waals surface area contributed by atoms with Crippen molar-refractivity contribution >= 4 is 43.1 Å². The van der Waals surface area contributed by atoms with E-state index in [2.05, 4.69) is 66.0 Å². The second-order valence-electron chi connectivity index (χ2n) is 5.29. The maximum absolute atomic E-state index is 4.90. The van der Waals surface area contributed by atoms with Gasteiger partial charge in [0.2, 0.25) is 0 Å². The fourth-order valence-electron chi connectivity index (χ4n) is 3.14. The van der Waals surface area contributed by atoms with Crippen LogP contribution in [0.25, 0.3) is 43.0 Å². The van der Waals surface area contributed by atoms with Crippen molar-refractivity contribution in [3.05, 3.63) is 66.0 Å². The number of rotatable bonds is 0. The molecule has 2 heterocycles. The van der Waals surface area contributed by atoms with Crippen LogP contribution >= 0.6 is 11.3 Å². The van der Waals surface area contributed by atoms with Gasteiger partial charge in [0.1, 0.15) is 0 Å². The monoisotopic (exact) mass is 285 g/mol. The number of fused-ring (bicyclic) bond motifs is 7. The van der Waals surface area contributed by atoms with E-state index in [1.807, 2.05) is 0 Å². The average molecular weight is 285 g/mol. The zero-order valence-electron chi connectivity index (χ0n) is 11.2. The molecule has 0 unspecified atom stereocenters. The Hall–Kier alpha value is -2.45. The number of hydrogen-bond donors (Lipinski definition) is 0. The SMILES string of the molecule is c1ccc2c(c1)ccc1nc3c4ccccc4scc-3c12. The molecular formula is C19H11NS.